The summed E-state index contributed by atoms with van der Waals surface area (Å²) in [6.45, 7) is 3.34. The van der Waals surface area contributed by atoms with Crippen LogP contribution in [-0.4, -0.2) is 70.6 Å². The first-order valence-electron chi connectivity index (χ1n) is 12.2. The van der Waals surface area contributed by atoms with E-state index in [9.17, 15) is 13.2 Å². The first-order chi connectivity index (χ1) is 17.9. The average molecular weight is 524 g/mol. The molecule has 0 radical (unpaired) electrons. The number of benzene rings is 3. The predicted molar refractivity (Wildman–Crippen MR) is 142 cm³/mol. The van der Waals surface area contributed by atoms with Crippen LogP contribution in [0, 0.1) is 0 Å². The summed E-state index contributed by atoms with van der Waals surface area (Å²) in [5.74, 6) is 0.491. The molecule has 1 fully saturated rings. The van der Waals surface area contributed by atoms with Crippen molar-refractivity contribution in [2.24, 2.45) is 0 Å². The molecular weight excluding hydrogens is 490 g/mol. The highest BCUT2D eigenvalue weighted by Crippen LogP contribution is 2.29. The van der Waals surface area contributed by atoms with Gasteiger partial charge in [0.15, 0.2) is 11.5 Å². The molecule has 1 aliphatic heterocycles. The van der Waals surface area contributed by atoms with Crippen molar-refractivity contribution in [1.82, 2.24) is 14.5 Å². The summed E-state index contributed by atoms with van der Waals surface area (Å²) in [6, 6.07) is 23.1. The van der Waals surface area contributed by atoms with E-state index in [1.807, 2.05) is 48.5 Å². The van der Waals surface area contributed by atoms with Crippen LogP contribution in [-0.2, 0) is 27.8 Å². The van der Waals surface area contributed by atoms with Crippen LogP contribution < -0.4 is 14.2 Å². The lowest BCUT2D eigenvalue weighted by Crippen LogP contribution is -2.55. The van der Waals surface area contributed by atoms with Gasteiger partial charge < -0.3 is 14.4 Å². The second-order valence-corrected chi connectivity index (χ2v) is 10.7. The van der Waals surface area contributed by atoms with E-state index in [0.29, 0.717) is 24.6 Å². The van der Waals surface area contributed by atoms with Gasteiger partial charge in [0.2, 0.25) is 15.9 Å². The molecule has 3 aromatic rings. The zero-order chi connectivity index (χ0) is 26.3. The lowest BCUT2D eigenvalue weighted by Gasteiger charge is -2.36. The van der Waals surface area contributed by atoms with Gasteiger partial charge in [-0.15, -0.1) is 0 Å². The van der Waals surface area contributed by atoms with Crippen molar-refractivity contribution in [3.8, 4) is 11.5 Å². The second-order valence-electron chi connectivity index (χ2n) is 8.97. The molecule has 0 bridgehead atoms. The van der Waals surface area contributed by atoms with E-state index in [-0.39, 0.29) is 17.2 Å². The van der Waals surface area contributed by atoms with Crippen LogP contribution in [0.25, 0.3) is 0 Å². The number of ether oxygens (including phenoxy) is 2. The van der Waals surface area contributed by atoms with E-state index in [1.54, 1.807) is 4.90 Å². The summed E-state index contributed by atoms with van der Waals surface area (Å²) in [7, 11) is -1.09. The Morgan fingerprint density at radius 2 is 1.43 bits per heavy atom. The van der Waals surface area contributed by atoms with Crippen LogP contribution in [0.15, 0.2) is 83.8 Å². The van der Waals surface area contributed by atoms with Gasteiger partial charge in [-0.2, -0.15) is 4.72 Å². The Morgan fingerprint density at radius 3 is 2.03 bits per heavy atom. The van der Waals surface area contributed by atoms with Crippen LogP contribution in [0.2, 0.25) is 0 Å². The molecule has 196 valence electrons. The Kier molecular flexibility index (Phi) is 8.81. The van der Waals surface area contributed by atoms with E-state index in [0.717, 1.165) is 25.2 Å². The Hall–Kier alpha value is -3.40. The van der Waals surface area contributed by atoms with Crippen molar-refractivity contribution in [2.45, 2.75) is 23.9 Å². The number of sulfonamides is 1. The third-order valence-electron chi connectivity index (χ3n) is 6.48. The molecule has 1 unspecified atom stereocenters. The highest BCUT2D eigenvalue weighted by atomic mass is 32.2. The summed E-state index contributed by atoms with van der Waals surface area (Å²) in [5.41, 5.74) is 2.10. The number of carbonyl (C=O) groups excluding carboxylic acids is 1. The maximum absolute atomic E-state index is 13.6. The molecule has 0 spiro atoms. The Bertz CT molecular complexity index is 1280. The zero-order valence-corrected chi connectivity index (χ0v) is 22.0. The molecule has 37 heavy (non-hydrogen) atoms. The molecule has 1 amide bonds. The monoisotopic (exact) mass is 523 g/mol. The minimum atomic E-state index is -4.02. The number of hydrogen-bond donors (Lipinski definition) is 1. The van der Waals surface area contributed by atoms with Crippen molar-refractivity contribution in [1.29, 1.82) is 0 Å². The van der Waals surface area contributed by atoms with Gasteiger partial charge in [-0.25, -0.2) is 8.42 Å². The summed E-state index contributed by atoms with van der Waals surface area (Å²) in [4.78, 5) is 17.7. The van der Waals surface area contributed by atoms with Gasteiger partial charge in [0.05, 0.1) is 19.1 Å². The van der Waals surface area contributed by atoms with Gasteiger partial charge in [0, 0.05) is 38.8 Å². The van der Waals surface area contributed by atoms with E-state index in [2.05, 4.69) is 21.8 Å². The van der Waals surface area contributed by atoms with Gasteiger partial charge in [-0.1, -0.05) is 60.7 Å². The molecular formula is C28H33N3O5S. The molecule has 1 saturated heterocycles. The minimum absolute atomic E-state index is 0.00342. The highest BCUT2D eigenvalue weighted by molar-refractivity contribution is 7.89. The molecule has 1 aliphatic rings. The number of nitrogens with one attached hydrogen (secondary N) is 1. The highest BCUT2D eigenvalue weighted by Gasteiger charge is 2.31. The van der Waals surface area contributed by atoms with E-state index in [4.69, 9.17) is 9.47 Å². The first kappa shape index (κ1) is 26.7. The largest absolute Gasteiger partial charge is 0.493 e. The molecule has 9 heteroatoms. The number of amides is 1. The van der Waals surface area contributed by atoms with Gasteiger partial charge in [-0.3, -0.25) is 9.69 Å². The smallest absolute Gasteiger partial charge is 0.241 e. The summed E-state index contributed by atoms with van der Waals surface area (Å²) in [6.07, 6.45) is 0.246. The van der Waals surface area contributed by atoms with Crippen LogP contribution in [0.4, 0.5) is 0 Å². The number of carbonyl (C=O) groups is 1. The number of hydrogen-bond acceptors (Lipinski definition) is 6. The summed E-state index contributed by atoms with van der Waals surface area (Å²) >= 11 is 0. The summed E-state index contributed by atoms with van der Waals surface area (Å²) < 4.78 is 39.9. The molecule has 3 aromatic carbocycles. The number of rotatable bonds is 10. The fourth-order valence-corrected chi connectivity index (χ4v) is 5.66. The lowest BCUT2D eigenvalue weighted by atomic mass is 10.1. The van der Waals surface area contributed by atoms with Crippen LogP contribution in [0.1, 0.15) is 11.1 Å². The molecule has 4 rings (SSSR count). The quantitative estimate of drug-likeness (QED) is 0.440. The van der Waals surface area contributed by atoms with Gasteiger partial charge in [0.1, 0.15) is 6.04 Å². The predicted octanol–water partition coefficient (Wildman–Crippen LogP) is 2.94. The van der Waals surface area contributed by atoms with E-state index in [1.165, 1.54) is 38.0 Å². The van der Waals surface area contributed by atoms with Crippen molar-refractivity contribution in [3.05, 3.63) is 90.0 Å². The fraction of sp³-hybridized carbons (Fsp3) is 0.321. The SMILES string of the molecule is COc1ccc(S(=O)(=O)NC(Cc2ccccc2)C(=O)N2CCN(Cc3ccccc3)CC2)cc1OC. The molecule has 1 heterocycles. The van der Waals surface area contributed by atoms with Crippen LogP contribution in [0.3, 0.4) is 0 Å². The molecule has 1 N–H and O–H groups in total. The fourth-order valence-electron chi connectivity index (χ4n) is 4.46. The van der Waals surface area contributed by atoms with Gasteiger partial charge >= 0.3 is 0 Å². The molecule has 8 nitrogen and oxygen atoms in total. The van der Waals surface area contributed by atoms with E-state index >= 15 is 0 Å². The zero-order valence-electron chi connectivity index (χ0n) is 21.2. The van der Waals surface area contributed by atoms with Crippen molar-refractivity contribution in [3.63, 3.8) is 0 Å². The van der Waals surface area contributed by atoms with Gasteiger partial charge in [-0.05, 0) is 29.7 Å². The standard InChI is InChI=1S/C28H33N3O5S/c1-35-26-14-13-24(20-27(26)36-2)37(33,34)29-25(19-22-9-5-3-6-10-22)28(32)31-17-15-30(16-18-31)21-23-11-7-4-8-12-23/h3-14,20,25,29H,15-19,21H2,1-2H3. The maximum Gasteiger partial charge on any atom is 0.241 e. The topological polar surface area (TPSA) is 88.2 Å². The van der Waals surface area contributed by atoms with Crippen LogP contribution >= 0.6 is 0 Å². The third-order valence-corrected chi connectivity index (χ3v) is 7.95. The second kappa shape index (κ2) is 12.2. The molecule has 0 aromatic heterocycles. The molecule has 1 atom stereocenters. The van der Waals surface area contributed by atoms with Crippen LogP contribution in [0.5, 0.6) is 11.5 Å². The number of nitrogens with zero attached hydrogens (tertiary/aromatic N) is 2. The maximum atomic E-state index is 13.6. The Labute approximate surface area is 218 Å². The normalized spacial score (nSPS) is 15.2. The first-order valence-corrected chi connectivity index (χ1v) is 13.7. The number of piperazine rings is 1. The Morgan fingerprint density at radius 1 is 0.838 bits per heavy atom. The van der Waals surface area contributed by atoms with Crippen molar-refractivity contribution >= 4 is 15.9 Å². The Balaban J connectivity index is 1.49. The van der Waals surface area contributed by atoms with E-state index < -0.39 is 16.1 Å². The lowest BCUT2D eigenvalue weighted by molar-refractivity contribution is -0.134. The van der Waals surface area contributed by atoms with Gasteiger partial charge in [0.25, 0.3) is 0 Å². The molecule has 0 aliphatic carbocycles. The average Bonchev–Trinajstić information content (AvgIpc) is 2.93. The van der Waals surface area contributed by atoms with Crippen molar-refractivity contribution < 1.29 is 22.7 Å². The minimum Gasteiger partial charge on any atom is -0.493 e. The summed E-state index contributed by atoms with van der Waals surface area (Å²) in [5, 5.41) is 0. The number of methoxy groups -OCH3 is 2. The third kappa shape index (κ3) is 6.88. The van der Waals surface area contributed by atoms with Crippen molar-refractivity contribution in [2.75, 3.05) is 40.4 Å². The molecule has 0 saturated carbocycles.